The van der Waals surface area contributed by atoms with Crippen molar-refractivity contribution in [3.8, 4) is 22.9 Å². The van der Waals surface area contributed by atoms with Crippen molar-refractivity contribution in [3.63, 3.8) is 0 Å². The van der Waals surface area contributed by atoms with Gasteiger partial charge in [-0.25, -0.2) is 0 Å². The molecule has 1 aromatic carbocycles. The first kappa shape index (κ1) is 12.2. The highest BCUT2D eigenvalue weighted by molar-refractivity contribution is 5.64. The lowest BCUT2D eigenvalue weighted by molar-refractivity contribution is 0.412. The molecule has 0 saturated heterocycles. The zero-order valence-electron chi connectivity index (χ0n) is 10.6. The normalized spacial score (nSPS) is 10.1. The van der Waals surface area contributed by atoms with Gasteiger partial charge in [0, 0.05) is 11.8 Å². The van der Waals surface area contributed by atoms with E-state index < -0.39 is 0 Å². The van der Waals surface area contributed by atoms with Gasteiger partial charge in [-0.2, -0.15) is 10.4 Å². The van der Waals surface area contributed by atoms with E-state index in [9.17, 15) is 0 Å². The number of benzene rings is 1. The summed E-state index contributed by atoms with van der Waals surface area (Å²) in [5, 5.41) is 12.8. The van der Waals surface area contributed by atoms with E-state index in [4.69, 9.17) is 10.00 Å². The lowest BCUT2D eigenvalue weighted by atomic mass is 10.1. The smallest absolute Gasteiger partial charge is 0.121 e. The summed E-state index contributed by atoms with van der Waals surface area (Å²) in [6, 6.07) is 8.15. The van der Waals surface area contributed by atoms with Crippen molar-refractivity contribution in [2.45, 2.75) is 19.9 Å². The lowest BCUT2D eigenvalue weighted by Crippen LogP contribution is -1.96. The van der Waals surface area contributed by atoms with Crippen molar-refractivity contribution in [1.82, 2.24) is 9.78 Å². The van der Waals surface area contributed by atoms with Crippen LogP contribution < -0.4 is 4.74 Å². The van der Waals surface area contributed by atoms with E-state index in [0.717, 1.165) is 22.4 Å². The molecule has 92 valence electrons. The number of ether oxygens (including phenoxy) is 1. The second kappa shape index (κ2) is 5.37. The van der Waals surface area contributed by atoms with E-state index >= 15 is 0 Å². The highest BCUT2D eigenvalue weighted by Crippen LogP contribution is 2.25. The molecule has 0 N–H and O–H groups in total. The fourth-order valence-corrected chi connectivity index (χ4v) is 1.86. The van der Waals surface area contributed by atoms with Crippen LogP contribution in [0, 0.1) is 18.3 Å². The van der Waals surface area contributed by atoms with Crippen LogP contribution in [0.5, 0.6) is 5.75 Å². The van der Waals surface area contributed by atoms with Crippen LogP contribution in [-0.4, -0.2) is 16.9 Å². The van der Waals surface area contributed by atoms with E-state index in [0.29, 0.717) is 13.0 Å². The fraction of sp³-hybridized carbons (Fsp3) is 0.286. The molecule has 4 nitrogen and oxygen atoms in total. The zero-order chi connectivity index (χ0) is 13.0. The Kier molecular flexibility index (Phi) is 3.63. The van der Waals surface area contributed by atoms with Crippen LogP contribution in [0.3, 0.4) is 0 Å². The highest BCUT2D eigenvalue weighted by Gasteiger charge is 2.04. The van der Waals surface area contributed by atoms with Gasteiger partial charge in [0.2, 0.25) is 0 Å². The van der Waals surface area contributed by atoms with Gasteiger partial charge in [-0.1, -0.05) is 6.07 Å². The van der Waals surface area contributed by atoms with Gasteiger partial charge in [0.15, 0.2) is 0 Å². The Morgan fingerprint density at radius 3 is 2.89 bits per heavy atom. The van der Waals surface area contributed by atoms with Crippen LogP contribution in [0.4, 0.5) is 0 Å². The number of methoxy groups -OCH3 is 1. The minimum atomic E-state index is 0.475. The Hall–Kier alpha value is -2.28. The molecule has 0 amide bonds. The molecular weight excluding hydrogens is 226 g/mol. The summed E-state index contributed by atoms with van der Waals surface area (Å²) in [5.41, 5.74) is 3.26. The Balaban J connectivity index is 2.23. The van der Waals surface area contributed by atoms with Crippen LogP contribution in [-0.2, 0) is 6.54 Å². The predicted octanol–water partition coefficient (Wildman–Crippen LogP) is 2.78. The Morgan fingerprint density at radius 1 is 1.39 bits per heavy atom. The zero-order valence-corrected chi connectivity index (χ0v) is 10.6. The average Bonchev–Trinajstić information content (AvgIpc) is 2.85. The van der Waals surface area contributed by atoms with Crippen molar-refractivity contribution < 1.29 is 4.74 Å². The molecule has 1 heterocycles. The van der Waals surface area contributed by atoms with Crippen LogP contribution in [0.15, 0.2) is 30.6 Å². The first-order chi connectivity index (χ1) is 8.74. The van der Waals surface area contributed by atoms with Crippen molar-refractivity contribution in [2.24, 2.45) is 0 Å². The number of aromatic nitrogens is 2. The average molecular weight is 241 g/mol. The fourth-order valence-electron chi connectivity index (χ4n) is 1.86. The van der Waals surface area contributed by atoms with E-state index in [1.165, 1.54) is 0 Å². The van der Waals surface area contributed by atoms with Gasteiger partial charge in [-0.3, -0.25) is 4.68 Å². The Labute approximate surface area is 106 Å². The van der Waals surface area contributed by atoms with Gasteiger partial charge >= 0.3 is 0 Å². The Bertz CT molecular complexity index is 581. The van der Waals surface area contributed by atoms with Crippen molar-refractivity contribution in [3.05, 3.63) is 36.2 Å². The standard InChI is InChI=1S/C14H15N3O/c1-11-8-12(4-5-14(11)18-2)13-9-16-17(10-13)7-3-6-15/h4-5,8-10H,3,7H2,1-2H3. The van der Waals surface area contributed by atoms with Crippen LogP contribution >= 0.6 is 0 Å². The highest BCUT2D eigenvalue weighted by atomic mass is 16.5. The summed E-state index contributed by atoms with van der Waals surface area (Å²) in [6.45, 7) is 2.65. The molecule has 0 unspecified atom stereocenters. The first-order valence-corrected chi connectivity index (χ1v) is 5.79. The van der Waals surface area contributed by atoms with Crippen molar-refractivity contribution >= 4 is 0 Å². The molecule has 0 saturated carbocycles. The number of nitrogens with zero attached hydrogens (tertiary/aromatic N) is 3. The largest absolute Gasteiger partial charge is 0.496 e. The molecule has 0 atom stereocenters. The lowest BCUT2D eigenvalue weighted by Gasteiger charge is -2.05. The third-order valence-electron chi connectivity index (χ3n) is 2.81. The van der Waals surface area contributed by atoms with Gasteiger partial charge in [-0.15, -0.1) is 0 Å². The van der Waals surface area contributed by atoms with Crippen molar-refractivity contribution in [1.29, 1.82) is 5.26 Å². The van der Waals surface area contributed by atoms with Crippen LogP contribution in [0.1, 0.15) is 12.0 Å². The number of nitriles is 1. The van der Waals surface area contributed by atoms with Crippen LogP contribution in [0.2, 0.25) is 0 Å². The molecule has 2 aromatic rings. The van der Waals surface area contributed by atoms with E-state index in [2.05, 4.69) is 17.2 Å². The maximum atomic E-state index is 8.54. The molecule has 2 rings (SSSR count). The molecule has 0 aliphatic heterocycles. The quantitative estimate of drug-likeness (QED) is 0.827. The number of aryl methyl sites for hydroxylation is 2. The van der Waals surface area contributed by atoms with Gasteiger partial charge in [0.05, 0.1) is 32.3 Å². The molecule has 0 spiro atoms. The number of hydrogen-bond donors (Lipinski definition) is 0. The van der Waals surface area contributed by atoms with E-state index in [1.807, 2.05) is 31.5 Å². The van der Waals surface area contributed by atoms with Crippen LogP contribution in [0.25, 0.3) is 11.1 Å². The van der Waals surface area contributed by atoms with Crippen molar-refractivity contribution in [2.75, 3.05) is 7.11 Å². The SMILES string of the molecule is COc1ccc(-c2cnn(CCC#N)c2)cc1C. The Morgan fingerprint density at radius 2 is 2.22 bits per heavy atom. The molecule has 4 heteroatoms. The summed E-state index contributed by atoms with van der Waals surface area (Å²) in [4.78, 5) is 0. The summed E-state index contributed by atoms with van der Waals surface area (Å²) < 4.78 is 7.03. The van der Waals surface area contributed by atoms with Gasteiger partial charge in [0.25, 0.3) is 0 Å². The number of rotatable bonds is 4. The summed E-state index contributed by atoms with van der Waals surface area (Å²) in [5.74, 6) is 0.885. The molecule has 0 radical (unpaired) electrons. The number of hydrogen-bond acceptors (Lipinski definition) is 3. The summed E-state index contributed by atoms with van der Waals surface area (Å²) in [7, 11) is 1.67. The molecule has 1 aromatic heterocycles. The molecule has 18 heavy (non-hydrogen) atoms. The maximum Gasteiger partial charge on any atom is 0.121 e. The van der Waals surface area contributed by atoms with E-state index in [1.54, 1.807) is 11.8 Å². The first-order valence-electron chi connectivity index (χ1n) is 5.79. The monoisotopic (exact) mass is 241 g/mol. The summed E-state index contributed by atoms with van der Waals surface area (Å²) in [6.07, 6.45) is 4.25. The molecule has 0 fully saturated rings. The topological polar surface area (TPSA) is 50.8 Å². The maximum absolute atomic E-state index is 8.54. The summed E-state index contributed by atoms with van der Waals surface area (Å²) >= 11 is 0. The predicted molar refractivity (Wildman–Crippen MR) is 69.2 cm³/mol. The molecule has 0 bridgehead atoms. The van der Waals surface area contributed by atoms with Gasteiger partial charge in [0.1, 0.15) is 5.75 Å². The van der Waals surface area contributed by atoms with E-state index in [-0.39, 0.29) is 0 Å². The second-order valence-corrected chi connectivity index (χ2v) is 4.08. The minimum Gasteiger partial charge on any atom is -0.496 e. The molecule has 0 aliphatic rings. The second-order valence-electron chi connectivity index (χ2n) is 4.08. The van der Waals surface area contributed by atoms with Gasteiger partial charge in [-0.05, 0) is 30.2 Å². The third-order valence-corrected chi connectivity index (χ3v) is 2.81. The molecule has 0 aliphatic carbocycles. The van der Waals surface area contributed by atoms with Gasteiger partial charge < -0.3 is 4.74 Å². The minimum absolute atomic E-state index is 0.475. The third kappa shape index (κ3) is 2.51. The molecular formula is C14H15N3O.